The summed E-state index contributed by atoms with van der Waals surface area (Å²) in [5.41, 5.74) is 1.68. The first-order chi connectivity index (χ1) is 16.0. The molecule has 3 aromatic carbocycles. The quantitative estimate of drug-likeness (QED) is 0.222. The molecule has 0 saturated carbocycles. The van der Waals surface area contributed by atoms with Gasteiger partial charge >= 0.3 is 11.9 Å². The predicted molar refractivity (Wildman–Crippen MR) is 129 cm³/mol. The molecule has 0 amide bonds. The monoisotopic (exact) mass is 525 g/mol. The van der Waals surface area contributed by atoms with Gasteiger partial charge in [-0.2, -0.15) is 0 Å². The average Bonchev–Trinajstić information content (AvgIpc) is 3.17. The lowest BCUT2D eigenvalue weighted by Crippen LogP contribution is -2.11. The summed E-state index contributed by atoms with van der Waals surface area (Å²) >= 11 is 9.54. The second-order valence-corrected chi connectivity index (χ2v) is 8.10. The average molecular weight is 527 g/mol. The van der Waals surface area contributed by atoms with Gasteiger partial charge in [0.05, 0.1) is 21.7 Å². The molecule has 0 bridgehead atoms. The fourth-order valence-corrected chi connectivity index (χ4v) is 3.83. The first kappa shape index (κ1) is 22.8. The molecule has 1 heterocycles. The normalized spacial score (nSPS) is 14.1. The van der Waals surface area contributed by atoms with Crippen LogP contribution in [0, 0.1) is 0 Å². The van der Waals surface area contributed by atoms with Crippen molar-refractivity contribution in [3.63, 3.8) is 0 Å². The predicted octanol–water partition coefficient (Wildman–Crippen LogP) is 6.06. The van der Waals surface area contributed by atoms with Crippen LogP contribution in [0.25, 0.3) is 6.08 Å². The Kier molecular flexibility index (Phi) is 6.91. The highest BCUT2D eigenvalue weighted by Gasteiger charge is 2.25. The van der Waals surface area contributed by atoms with Crippen LogP contribution in [0.4, 0.5) is 0 Å². The number of hydrogen-bond donors (Lipinski definition) is 0. The lowest BCUT2D eigenvalue weighted by atomic mass is 10.1. The number of rotatable bonds is 6. The van der Waals surface area contributed by atoms with E-state index in [2.05, 4.69) is 20.9 Å². The first-order valence-corrected chi connectivity index (χ1v) is 11.1. The Labute approximate surface area is 203 Å². The van der Waals surface area contributed by atoms with E-state index in [1.807, 2.05) is 25.1 Å². The Morgan fingerprint density at radius 3 is 2.58 bits per heavy atom. The minimum absolute atomic E-state index is 0.143. The van der Waals surface area contributed by atoms with Crippen LogP contribution >= 0.6 is 27.5 Å². The van der Waals surface area contributed by atoms with Crippen LogP contribution < -0.4 is 9.47 Å². The van der Waals surface area contributed by atoms with E-state index in [1.165, 1.54) is 0 Å². The molecule has 0 N–H and O–H groups in total. The van der Waals surface area contributed by atoms with E-state index in [1.54, 1.807) is 54.6 Å². The van der Waals surface area contributed by atoms with Gasteiger partial charge < -0.3 is 14.2 Å². The number of nitrogens with zero attached hydrogens (tertiary/aromatic N) is 1. The molecule has 3 aromatic rings. The van der Waals surface area contributed by atoms with Crippen molar-refractivity contribution in [2.45, 2.75) is 6.92 Å². The molecule has 8 heteroatoms. The fourth-order valence-electron chi connectivity index (χ4n) is 3.08. The van der Waals surface area contributed by atoms with E-state index >= 15 is 0 Å². The van der Waals surface area contributed by atoms with Gasteiger partial charge in [0.1, 0.15) is 0 Å². The molecule has 1 aliphatic rings. The highest BCUT2D eigenvalue weighted by atomic mass is 79.9. The van der Waals surface area contributed by atoms with Gasteiger partial charge in [0.25, 0.3) is 0 Å². The lowest BCUT2D eigenvalue weighted by molar-refractivity contribution is -0.129. The summed E-state index contributed by atoms with van der Waals surface area (Å²) in [7, 11) is 0. The minimum Gasteiger partial charge on any atom is -0.490 e. The van der Waals surface area contributed by atoms with Crippen molar-refractivity contribution in [1.29, 1.82) is 0 Å². The van der Waals surface area contributed by atoms with Crippen LogP contribution in [0.5, 0.6) is 11.5 Å². The molecular weight excluding hydrogens is 510 g/mol. The number of benzene rings is 3. The molecule has 0 spiro atoms. The zero-order valence-electron chi connectivity index (χ0n) is 17.4. The minimum atomic E-state index is -0.621. The molecule has 0 aromatic heterocycles. The van der Waals surface area contributed by atoms with Gasteiger partial charge in [-0.1, -0.05) is 41.9 Å². The molecule has 0 saturated heterocycles. The molecule has 6 nitrogen and oxygen atoms in total. The van der Waals surface area contributed by atoms with Crippen LogP contribution in [0.15, 0.2) is 81.9 Å². The maximum atomic E-state index is 12.6. The topological polar surface area (TPSA) is 74.2 Å². The van der Waals surface area contributed by atoms with Gasteiger partial charge in [-0.25, -0.2) is 14.6 Å². The lowest BCUT2D eigenvalue weighted by Gasteiger charge is -2.14. The Morgan fingerprint density at radius 1 is 1.12 bits per heavy atom. The Hall–Kier alpha value is -3.42. The highest BCUT2D eigenvalue weighted by molar-refractivity contribution is 9.10. The molecule has 33 heavy (non-hydrogen) atoms. The van der Waals surface area contributed by atoms with E-state index < -0.39 is 11.9 Å². The fraction of sp³-hybridized carbons (Fsp3) is 0.0800. The molecule has 166 valence electrons. The molecule has 0 unspecified atom stereocenters. The third-order valence-electron chi connectivity index (χ3n) is 4.56. The number of ether oxygens (including phenoxy) is 3. The van der Waals surface area contributed by atoms with Crippen molar-refractivity contribution in [3.8, 4) is 11.5 Å². The number of carbonyl (C=O) groups excluding carboxylic acids is 2. The summed E-state index contributed by atoms with van der Waals surface area (Å²) < 4.78 is 17.0. The molecule has 0 fully saturated rings. The standard InChI is InChI=1S/C25H17BrClNO5/c1-2-31-21-14-15(13-20-25(30)33-23(28-20)16-8-4-3-5-9-16)12-18(26)22(21)32-24(29)17-10-6-7-11-19(17)27/h3-14H,2H2,1H3/b20-13-. The van der Waals surface area contributed by atoms with Crippen LogP contribution in [0.1, 0.15) is 28.4 Å². The van der Waals surface area contributed by atoms with Crippen molar-refractivity contribution < 1.29 is 23.8 Å². The number of esters is 2. The Balaban J connectivity index is 1.66. The summed E-state index contributed by atoms with van der Waals surface area (Å²) in [5.74, 6) is -0.424. The number of halogens is 2. The number of aliphatic imine (C=N–C) groups is 1. The highest BCUT2D eigenvalue weighted by Crippen LogP contribution is 2.38. The van der Waals surface area contributed by atoms with Gasteiger partial charge in [-0.15, -0.1) is 0 Å². The second-order valence-electron chi connectivity index (χ2n) is 6.83. The van der Waals surface area contributed by atoms with E-state index in [0.717, 1.165) is 0 Å². The molecule has 0 radical (unpaired) electrons. The van der Waals surface area contributed by atoms with Crippen LogP contribution in [0.3, 0.4) is 0 Å². The summed E-state index contributed by atoms with van der Waals surface area (Å²) in [6.07, 6.45) is 1.57. The largest absolute Gasteiger partial charge is 0.490 e. The maximum Gasteiger partial charge on any atom is 0.363 e. The number of carbonyl (C=O) groups is 2. The van der Waals surface area contributed by atoms with Gasteiger partial charge in [0.15, 0.2) is 17.2 Å². The van der Waals surface area contributed by atoms with E-state index in [9.17, 15) is 9.59 Å². The molecule has 0 aliphatic carbocycles. The van der Waals surface area contributed by atoms with Crippen LogP contribution in [-0.2, 0) is 9.53 Å². The van der Waals surface area contributed by atoms with Gasteiger partial charge in [0, 0.05) is 5.56 Å². The van der Waals surface area contributed by atoms with Crippen LogP contribution in [-0.4, -0.2) is 24.4 Å². The van der Waals surface area contributed by atoms with Gasteiger partial charge in [-0.3, -0.25) is 0 Å². The Bertz CT molecular complexity index is 1290. The van der Waals surface area contributed by atoms with Crippen LogP contribution in [0.2, 0.25) is 5.02 Å². The number of cyclic esters (lactones) is 1. The van der Waals surface area contributed by atoms with Gasteiger partial charge in [0.2, 0.25) is 5.90 Å². The van der Waals surface area contributed by atoms with E-state index in [0.29, 0.717) is 28.0 Å². The molecule has 1 aliphatic heterocycles. The van der Waals surface area contributed by atoms with Gasteiger partial charge in [-0.05, 0) is 70.9 Å². The molecule has 4 rings (SSSR count). The SMILES string of the molecule is CCOc1cc(/C=C2\N=C(c3ccccc3)OC2=O)cc(Br)c1OC(=O)c1ccccc1Cl. The zero-order valence-corrected chi connectivity index (χ0v) is 19.7. The summed E-state index contributed by atoms with van der Waals surface area (Å²) in [6, 6.07) is 19.1. The van der Waals surface area contributed by atoms with Crippen molar-refractivity contribution in [2.75, 3.05) is 6.61 Å². The van der Waals surface area contributed by atoms with Crippen molar-refractivity contribution in [3.05, 3.63) is 98.6 Å². The van der Waals surface area contributed by atoms with Crippen molar-refractivity contribution in [2.24, 2.45) is 4.99 Å². The second kappa shape index (κ2) is 10.0. The summed E-state index contributed by atoms with van der Waals surface area (Å²) in [5, 5.41) is 0.282. The van der Waals surface area contributed by atoms with Crippen molar-refractivity contribution >= 4 is 51.4 Å². The molecule has 0 atom stereocenters. The third-order valence-corrected chi connectivity index (χ3v) is 5.48. The first-order valence-electron chi connectivity index (χ1n) is 9.97. The van der Waals surface area contributed by atoms with Crippen molar-refractivity contribution in [1.82, 2.24) is 0 Å². The zero-order chi connectivity index (χ0) is 23.4. The number of hydrogen-bond acceptors (Lipinski definition) is 6. The molecular formula is C25H17BrClNO5. The Morgan fingerprint density at radius 2 is 1.85 bits per heavy atom. The third kappa shape index (κ3) is 5.16. The summed E-state index contributed by atoms with van der Waals surface area (Å²) in [4.78, 5) is 29.3. The van der Waals surface area contributed by atoms with E-state index in [4.69, 9.17) is 25.8 Å². The maximum absolute atomic E-state index is 12.6. The smallest absolute Gasteiger partial charge is 0.363 e. The van der Waals surface area contributed by atoms with E-state index in [-0.39, 0.29) is 27.9 Å². The summed E-state index contributed by atoms with van der Waals surface area (Å²) in [6.45, 7) is 2.14.